The first kappa shape index (κ1) is 20.6. The van der Waals surface area contributed by atoms with E-state index in [9.17, 15) is 14.4 Å². The normalized spacial score (nSPS) is 11.0. The van der Waals surface area contributed by atoms with E-state index in [-0.39, 0.29) is 30.4 Å². The highest BCUT2D eigenvalue weighted by atomic mass is 16.5. The number of amides is 2. The van der Waals surface area contributed by atoms with Crippen molar-refractivity contribution in [1.29, 1.82) is 5.26 Å². The van der Waals surface area contributed by atoms with Crippen LogP contribution in [0.15, 0.2) is 54.6 Å². The molecule has 28 heavy (non-hydrogen) atoms. The van der Waals surface area contributed by atoms with Crippen molar-refractivity contribution in [1.82, 2.24) is 5.32 Å². The van der Waals surface area contributed by atoms with Gasteiger partial charge in [-0.15, -0.1) is 0 Å². The number of nitriles is 1. The van der Waals surface area contributed by atoms with Gasteiger partial charge in [-0.3, -0.25) is 9.59 Å². The lowest BCUT2D eigenvalue weighted by Crippen LogP contribution is -2.31. The molecule has 2 N–H and O–H groups in total. The monoisotopic (exact) mass is 379 g/mol. The minimum Gasteiger partial charge on any atom is -0.452 e. The third-order valence-corrected chi connectivity index (χ3v) is 3.95. The average molecular weight is 379 g/mol. The van der Waals surface area contributed by atoms with E-state index in [1.165, 1.54) is 24.3 Å². The molecule has 0 aliphatic heterocycles. The van der Waals surface area contributed by atoms with Gasteiger partial charge in [0.05, 0.1) is 11.6 Å². The number of hydrogen-bond acceptors (Lipinski definition) is 5. The van der Waals surface area contributed by atoms with E-state index in [0.717, 1.165) is 5.56 Å². The van der Waals surface area contributed by atoms with E-state index in [1.807, 2.05) is 37.3 Å². The van der Waals surface area contributed by atoms with Crippen LogP contribution in [0.1, 0.15) is 35.2 Å². The average Bonchev–Trinajstić information content (AvgIpc) is 2.71. The van der Waals surface area contributed by atoms with Gasteiger partial charge in [-0.05, 0) is 35.7 Å². The van der Waals surface area contributed by atoms with Crippen molar-refractivity contribution in [2.45, 2.75) is 19.3 Å². The number of benzene rings is 2. The van der Waals surface area contributed by atoms with Gasteiger partial charge in [-0.2, -0.15) is 5.26 Å². The van der Waals surface area contributed by atoms with Crippen molar-refractivity contribution in [2.75, 3.05) is 18.5 Å². The zero-order valence-corrected chi connectivity index (χ0v) is 15.5. The Kier molecular flexibility index (Phi) is 7.73. The summed E-state index contributed by atoms with van der Waals surface area (Å²) >= 11 is 0. The number of hydrogen-bond donors (Lipinski definition) is 2. The number of nitrogens with zero attached hydrogens (tertiary/aromatic N) is 1. The smallest absolute Gasteiger partial charge is 0.338 e. The van der Waals surface area contributed by atoms with Crippen LogP contribution >= 0.6 is 0 Å². The molecule has 7 heteroatoms. The first-order valence-electron chi connectivity index (χ1n) is 8.75. The van der Waals surface area contributed by atoms with Gasteiger partial charge in [-0.25, -0.2) is 4.79 Å². The van der Waals surface area contributed by atoms with Crippen LogP contribution in [0.25, 0.3) is 0 Å². The second-order valence-electron chi connectivity index (χ2n) is 6.15. The minimum absolute atomic E-state index is 0.143. The van der Waals surface area contributed by atoms with Crippen LogP contribution in [0.2, 0.25) is 0 Å². The summed E-state index contributed by atoms with van der Waals surface area (Å²) in [7, 11) is 0. The number of carbonyl (C=O) groups excluding carboxylic acids is 3. The standard InChI is InChI=1S/C21H21N3O4/c1-15(16-5-3-2-4-6-16)13-23-20(26)14-28-21(27)17-7-9-18(10-8-17)24-19(25)11-12-22/h2-10,15H,11,13-14H2,1H3,(H,23,26)(H,24,25)/t15-/m0/s1. The number of nitrogens with one attached hydrogen (secondary N) is 2. The van der Waals surface area contributed by atoms with Gasteiger partial charge in [0.1, 0.15) is 6.42 Å². The molecule has 144 valence electrons. The molecule has 0 unspecified atom stereocenters. The van der Waals surface area contributed by atoms with Gasteiger partial charge < -0.3 is 15.4 Å². The Balaban J connectivity index is 1.76. The van der Waals surface area contributed by atoms with Crippen LogP contribution in [0.5, 0.6) is 0 Å². The molecule has 0 fully saturated rings. The molecule has 7 nitrogen and oxygen atoms in total. The van der Waals surface area contributed by atoms with Crippen molar-refractivity contribution < 1.29 is 19.1 Å². The largest absolute Gasteiger partial charge is 0.452 e. The molecular weight excluding hydrogens is 358 g/mol. The minimum atomic E-state index is -0.638. The van der Waals surface area contributed by atoms with Crippen molar-refractivity contribution >= 4 is 23.5 Å². The molecule has 2 aromatic rings. The molecule has 2 amide bonds. The van der Waals surface area contributed by atoms with Gasteiger partial charge >= 0.3 is 5.97 Å². The summed E-state index contributed by atoms with van der Waals surface area (Å²) < 4.78 is 5.01. The highest BCUT2D eigenvalue weighted by Crippen LogP contribution is 2.13. The Bertz CT molecular complexity index is 857. The molecule has 0 bridgehead atoms. The molecule has 0 spiro atoms. The lowest BCUT2D eigenvalue weighted by Gasteiger charge is -2.13. The van der Waals surface area contributed by atoms with E-state index >= 15 is 0 Å². The fourth-order valence-corrected chi connectivity index (χ4v) is 2.40. The lowest BCUT2D eigenvalue weighted by molar-refractivity contribution is -0.124. The third kappa shape index (κ3) is 6.57. The van der Waals surface area contributed by atoms with Gasteiger partial charge in [0.25, 0.3) is 5.91 Å². The SMILES string of the molecule is C[C@@H](CNC(=O)COC(=O)c1ccc(NC(=O)CC#N)cc1)c1ccccc1. The zero-order valence-electron chi connectivity index (χ0n) is 15.5. The number of ether oxygens (including phenoxy) is 1. The first-order chi connectivity index (χ1) is 13.5. The van der Waals surface area contributed by atoms with Crippen LogP contribution in [-0.4, -0.2) is 30.9 Å². The molecule has 0 saturated carbocycles. The van der Waals surface area contributed by atoms with Crippen LogP contribution in [0.4, 0.5) is 5.69 Å². The molecule has 0 aliphatic rings. The second kappa shape index (κ2) is 10.5. The highest BCUT2D eigenvalue weighted by molar-refractivity contribution is 5.94. The fraction of sp³-hybridized carbons (Fsp3) is 0.238. The summed E-state index contributed by atoms with van der Waals surface area (Å²) in [6.07, 6.45) is -0.248. The maximum Gasteiger partial charge on any atom is 0.338 e. The predicted molar refractivity (Wildman–Crippen MR) is 103 cm³/mol. The summed E-state index contributed by atoms with van der Waals surface area (Å²) in [5.74, 6) is -1.30. The quantitative estimate of drug-likeness (QED) is 0.686. The Morgan fingerprint density at radius 3 is 2.36 bits per heavy atom. The molecule has 2 rings (SSSR count). The lowest BCUT2D eigenvalue weighted by atomic mass is 10.0. The number of carbonyl (C=O) groups is 3. The molecule has 2 aromatic carbocycles. The van der Waals surface area contributed by atoms with Crippen LogP contribution in [0.3, 0.4) is 0 Å². The Morgan fingerprint density at radius 2 is 1.71 bits per heavy atom. The summed E-state index contributed by atoms with van der Waals surface area (Å²) in [5.41, 5.74) is 1.83. The van der Waals surface area contributed by atoms with Crippen molar-refractivity contribution in [3.8, 4) is 6.07 Å². The summed E-state index contributed by atoms with van der Waals surface area (Å²) in [6, 6.07) is 17.5. The summed E-state index contributed by atoms with van der Waals surface area (Å²) in [4.78, 5) is 35.2. The van der Waals surface area contributed by atoms with Gasteiger partial charge in [0.2, 0.25) is 5.91 Å². The number of esters is 1. The van der Waals surface area contributed by atoms with E-state index in [2.05, 4.69) is 10.6 Å². The Labute approximate surface area is 163 Å². The second-order valence-corrected chi connectivity index (χ2v) is 6.15. The Hall–Kier alpha value is -3.66. The molecule has 0 heterocycles. The molecular formula is C21H21N3O4. The number of rotatable bonds is 8. The van der Waals surface area contributed by atoms with E-state index in [4.69, 9.17) is 10.00 Å². The summed E-state index contributed by atoms with van der Waals surface area (Å²) in [6.45, 7) is 2.07. The first-order valence-corrected chi connectivity index (χ1v) is 8.75. The van der Waals surface area contributed by atoms with Crippen LogP contribution in [0, 0.1) is 11.3 Å². The third-order valence-electron chi connectivity index (χ3n) is 3.95. The van der Waals surface area contributed by atoms with Gasteiger partial charge in [0.15, 0.2) is 6.61 Å². The molecule has 0 radical (unpaired) electrons. The molecule has 0 saturated heterocycles. The Morgan fingerprint density at radius 1 is 1.04 bits per heavy atom. The zero-order chi connectivity index (χ0) is 20.4. The molecule has 0 aromatic heterocycles. The van der Waals surface area contributed by atoms with Crippen LogP contribution in [-0.2, 0) is 14.3 Å². The van der Waals surface area contributed by atoms with Crippen molar-refractivity contribution in [3.05, 3.63) is 65.7 Å². The van der Waals surface area contributed by atoms with Gasteiger partial charge in [0, 0.05) is 12.2 Å². The molecule has 0 aliphatic carbocycles. The van der Waals surface area contributed by atoms with E-state index in [0.29, 0.717) is 12.2 Å². The molecule has 1 atom stereocenters. The maximum absolute atomic E-state index is 12.0. The van der Waals surface area contributed by atoms with Crippen LogP contribution < -0.4 is 10.6 Å². The van der Waals surface area contributed by atoms with Gasteiger partial charge in [-0.1, -0.05) is 37.3 Å². The van der Waals surface area contributed by atoms with Crippen molar-refractivity contribution in [2.24, 2.45) is 0 Å². The highest BCUT2D eigenvalue weighted by Gasteiger charge is 2.12. The maximum atomic E-state index is 12.0. The fourth-order valence-electron chi connectivity index (χ4n) is 2.40. The van der Waals surface area contributed by atoms with Crippen molar-refractivity contribution in [3.63, 3.8) is 0 Å². The van der Waals surface area contributed by atoms with E-state index < -0.39 is 11.9 Å². The van der Waals surface area contributed by atoms with E-state index in [1.54, 1.807) is 6.07 Å². The number of anilines is 1. The topological polar surface area (TPSA) is 108 Å². The predicted octanol–water partition coefficient (Wildman–Crippen LogP) is 2.62. The summed E-state index contributed by atoms with van der Waals surface area (Å²) in [5, 5.41) is 13.7.